The van der Waals surface area contributed by atoms with Gasteiger partial charge >= 0.3 is 0 Å². The molecule has 9 heteroatoms. The number of anilines is 1. The van der Waals surface area contributed by atoms with Crippen LogP contribution in [0.2, 0.25) is 5.02 Å². The average molecular weight is 413 g/mol. The van der Waals surface area contributed by atoms with Crippen molar-refractivity contribution in [1.29, 1.82) is 0 Å². The lowest BCUT2D eigenvalue weighted by Gasteiger charge is -2.17. The molecular weight excluding hydrogens is 392 g/mol. The van der Waals surface area contributed by atoms with Gasteiger partial charge < -0.3 is 14.6 Å². The number of furan rings is 1. The Labute approximate surface area is 172 Å². The van der Waals surface area contributed by atoms with Crippen LogP contribution in [0.3, 0.4) is 0 Å². The molecular formula is C20H21ClN6O2. The van der Waals surface area contributed by atoms with Gasteiger partial charge in [0.2, 0.25) is 5.71 Å². The van der Waals surface area contributed by atoms with E-state index < -0.39 is 0 Å². The van der Waals surface area contributed by atoms with Crippen LogP contribution < -0.4 is 5.32 Å². The number of likely N-dealkylation sites (tertiary alicyclic amines) is 1. The molecule has 1 saturated heterocycles. The maximum absolute atomic E-state index is 13.4. The van der Waals surface area contributed by atoms with Crippen LogP contribution in [0.1, 0.15) is 54.0 Å². The third-order valence-electron chi connectivity index (χ3n) is 5.78. The zero-order chi connectivity index (χ0) is 20.2. The molecule has 4 heterocycles. The van der Waals surface area contributed by atoms with Gasteiger partial charge in [-0.05, 0) is 33.1 Å². The van der Waals surface area contributed by atoms with E-state index in [-0.39, 0.29) is 17.4 Å². The molecule has 1 atom stereocenters. The Morgan fingerprint density at radius 3 is 2.76 bits per heavy atom. The first kappa shape index (κ1) is 18.3. The van der Waals surface area contributed by atoms with Gasteiger partial charge in [-0.25, -0.2) is 19.9 Å². The summed E-state index contributed by atoms with van der Waals surface area (Å²) in [5.41, 5.74) is 0.992. The smallest absolute Gasteiger partial charge is 0.258 e. The van der Waals surface area contributed by atoms with Crippen LogP contribution in [0.5, 0.6) is 0 Å². The SMILES string of the molecule is Cc1oc2ncnc(NC3(C)CC3)c2c1C(=O)N1CCC(c2ncc(Cl)cn2)C1. The summed E-state index contributed by atoms with van der Waals surface area (Å²) in [6.07, 6.45) is 7.62. The Morgan fingerprint density at radius 1 is 1.28 bits per heavy atom. The van der Waals surface area contributed by atoms with Crippen molar-refractivity contribution in [3.63, 3.8) is 0 Å². The van der Waals surface area contributed by atoms with Gasteiger partial charge in [0.15, 0.2) is 0 Å². The Hall–Kier alpha value is -2.74. The summed E-state index contributed by atoms with van der Waals surface area (Å²) in [7, 11) is 0. The molecule has 0 spiro atoms. The number of hydrogen-bond acceptors (Lipinski definition) is 7. The highest BCUT2D eigenvalue weighted by Gasteiger charge is 2.39. The second kappa shape index (κ2) is 6.66. The lowest BCUT2D eigenvalue weighted by Crippen LogP contribution is -2.29. The fraction of sp³-hybridized carbons (Fsp3) is 0.450. The van der Waals surface area contributed by atoms with Gasteiger partial charge in [0.1, 0.15) is 23.7 Å². The molecule has 0 radical (unpaired) electrons. The highest BCUT2D eigenvalue weighted by molar-refractivity contribution is 6.30. The van der Waals surface area contributed by atoms with Crippen LogP contribution in [0.4, 0.5) is 5.82 Å². The molecule has 8 nitrogen and oxygen atoms in total. The second-order valence-corrected chi connectivity index (χ2v) is 8.55. The molecule has 0 bridgehead atoms. The number of carbonyl (C=O) groups is 1. The lowest BCUT2D eigenvalue weighted by atomic mass is 10.1. The number of nitrogens with zero attached hydrogens (tertiary/aromatic N) is 5. The Bertz CT molecular complexity index is 1090. The van der Waals surface area contributed by atoms with E-state index in [0.717, 1.165) is 19.3 Å². The number of aromatic nitrogens is 4. The zero-order valence-electron chi connectivity index (χ0n) is 16.3. The zero-order valence-corrected chi connectivity index (χ0v) is 17.0. The summed E-state index contributed by atoms with van der Waals surface area (Å²) in [6, 6.07) is 0. The van der Waals surface area contributed by atoms with E-state index >= 15 is 0 Å². The summed E-state index contributed by atoms with van der Waals surface area (Å²) >= 11 is 5.89. The van der Waals surface area contributed by atoms with Crippen LogP contribution in [0.15, 0.2) is 23.1 Å². The summed E-state index contributed by atoms with van der Waals surface area (Å²) in [5.74, 6) is 1.95. The van der Waals surface area contributed by atoms with Gasteiger partial charge in [-0.2, -0.15) is 0 Å². The number of carbonyl (C=O) groups excluding carboxylic acids is 1. The molecule has 1 aliphatic carbocycles. The van der Waals surface area contributed by atoms with Crippen LogP contribution in [0.25, 0.3) is 11.1 Å². The monoisotopic (exact) mass is 412 g/mol. The molecule has 5 rings (SSSR count). The molecule has 150 valence electrons. The molecule has 1 N–H and O–H groups in total. The summed E-state index contributed by atoms with van der Waals surface area (Å²) in [6.45, 7) is 5.14. The molecule has 1 unspecified atom stereocenters. The van der Waals surface area contributed by atoms with Crippen LogP contribution in [-0.2, 0) is 0 Å². The van der Waals surface area contributed by atoms with Gasteiger partial charge in [-0.1, -0.05) is 11.6 Å². The minimum absolute atomic E-state index is 0.0252. The summed E-state index contributed by atoms with van der Waals surface area (Å²) in [4.78, 5) is 32.5. The van der Waals surface area contributed by atoms with Crippen molar-refractivity contribution >= 4 is 34.4 Å². The van der Waals surface area contributed by atoms with Crippen molar-refractivity contribution in [2.75, 3.05) is 18.4 Å². The third-order valence-corrected chi connectivity index (χ3v) is 5.97. The second-order valence-electron chi connectivity index (χ2n) is 8.12. The van der Waals surface area contributed by atoms with E-state index in [2.05, 4.69) is 32.2 Å². The molecule has 29 heavy (non-hydrogen) atoms. The number of nitrogens with one attached hydrogen (secondary N) is 1. The van der Waals surface area contributed by atoms with Crippen molar-refractivity contribution in [2.45, 2.75) is 44.6 Å². The molecule has 3 aromatic heterocycles. The normalized spacial score (nSPS) is 20.2. The largest absolute Gasteiger partial charge is 0.442 e. The van der Waals surface area contributed by atoms with Crippen molar-refractivity contribution in [3.05, 3.63) is 40.9 Å². The first-order valence-corrected chi connectivity index (χ1v) is 10.1. The van der Waals surface area contributed by atoms with Crippen molar-refractivity contribution in [2.24, 2.45) is 0 Å². The number of aryl methyl sites for hydroxylation is 1. The number of amides is 1. The Morgan fingerprint density at radius 2 is 2.03 bits per heavy atom. The molecule has 1 amide bonds. The number of fused-ring (bicyclic) bond motifs is 1. The minimum atomic E-state index is -0.0727. The predicted molar refractivity (Wildman–Crippen MR) is 108 cm³/mol. The molecule has 2 fully saturated rings. The van der Waals surface area contributed by atoms with Crippen molar-refractivity contribution < 1.29 is 9.21 Å². The highest BCUT2D eigenvalue weighted by atomic mass is 35.5. The van der Waals surface area contributed by atoms with E-state index in [1.807, 2.05) is 4.90 Å². The molecule has 1 aliphatic heterocycles. The highest BCUT2D eigenvalue weighted by Crippen LogP contribution is 2.40. The van der Waals surface area contributed by atoms with Gasteiger partial charge in [-0.15, -0.1) is 0 Å². The molecule has 3 aromatic rings. The summed E-state index contributed by atoms with van der Waals surface area (Å²) in [5, 5.41) is 4.63. The molecule has 0 aromatic carbocycles. The van der Waals surface area contributed by atoms with E-state index in [1.54, 1.807) is 19.3 Å². The molecule has 2 aliphatic rings. The number of rotatable bonds is 4. The summed E-state index contributed by atoms with van der Waals surface area (Å²) < 4.78 is 5.80. The van der Waals surface area contributed by atoms with Gasteiger partial charge in [0, 0.05) is 36.9 Å². The first-order valence-electron chi connectivity index (χ1n) is 9.72. The number of halogens is 1. The standard InChI is InChI=1S/C20H21ClN6O2/c1-11-14(15-17(26-20(2)4-5-20)24-10-25-18(15)29-11)19(28)27-6-3-12(9-27)16-22-7-13(21)8-23-16/h7-8,10,12H,3-6,9H2,1-2H3,(H,24,25,26). The quantitative estimate of drug-likeness (QED) is 0.699. The first-order chi connectivity index (χ1) is 13.9. The van der Waals surface area contributed by atoms with Gasteiger partial charge in [-0.3, -0.25) is 4.79 Å². The van der Waals surface area contributed by atoms with Gasteiger partial charge in [0.05, 0.1) is 16.0 Å². The van der Waals surface area contributed by atoms with Crippen LogP contribution in [-0.4, -0.2) is 49.4 Å². The predicted octanol–water partition coefficient (Wildman–Crippen LogP) is 3.57. The van der Waals surface area contributed by atoms with E-state index in [4.69, 9.17) is 16.0 Å². The van der Waals surface area contributed by atoms with Crippen LogP contribution >= 0.6 is 11.6 Å². The minimum Gasteiger partial charge on any atom is -0.442 e. The fourth-order valence-electron chi connectivity index (χ4n) is 3.84. The van der Waals surface area contributed by atoms with Crippen molar-refractivity contribution in [3.8, 4) is 0 Å². The average Bonchev–Trinajstić information content (AvgIpc) is 3.11. The maximum Gasteiger partial charge on any atom is 0.258 e. The van der Waals surface area contributed by atoms with Crippen molar-refractivity contribution in [1.82, 2.24) is 24.8 Å². The molecule has 1 saturated carbocycles. The Balaban J connectivity index is 1.45. The number of hydrogen-bond donors (Lipinski definition) is 1. The van der Waals surface area contributed by atoms with E-state index in [0.29, 0.717) is 52.2 Å². The third kappa shape index (κ3) is 3.31. The Kier molecular flexibility index (Phi) is 4.20. The van der Waals surface area contributed by atoms with Gasteiger partial charge in [0.25, 0.3) is 5.91 Å². The fourth-order valence-corrected chi connectivity index (χ4v) is 3.94. The van der Waals surface area contributed by atoms with Crippen LogP contribution in [0, 0.1) is 6.92 Å². The van der Waals surface area contributed by atoms with E-state index in [1.165, 1.54) is 6.33 Å². The topological polar surface area (TPSA) is 97.0 Å². The van der Waals surface area contributed by atoms with E-state index in [9.17, 15) is 4.79 Å². The lowest BCUT2D eigenvalue weighted by molar-refractivity contribution is 0.0790. The maximum atomic E-state index is 13.4.